The van der Waals surface area contributed by atoms with Gasteiger partial charge in [0.25, 0.3) is 5.91 Å². The van der Waals surface area contributed by atoms with Crippen LogP contribution in [-0.2, 0) is 9.53 Å². The first kappa shape index (κ1) is 13.4. The highest BCUT2D eigenvalue weighted by Crippen LogP contribution is 2.52. The molecule has 1 spiro atoms. The van der Waals surface area contributed by atoms with E-state index in [9.17, 15) is 9.59 Å². The van der Waals surface area contributed by atoms with Crippen molar-refractivity contribution >= 4 is 17.5 Å². The normalized spacial score (nSPS) is 33.0. The van der Waals surface area contributed by atoms with Crippen molar-refractivity contribution in [3.05, 3.63) is 29.8 Å². The van der Waals surface area contributed by atoms with Crippen LogP contribution in [0.5, 0.6) is 0 Å². The Morgan fingerprint density at radius 2 is 2.04 bits per heavy atom. The molecule has 1 saturated carbocycles. The van der Waals surface area contributed by atoms with Crippen LogP contribution in [0, 0.1) is 17.8 Å². The zero-order valence-corrected chi connectivity index (χ0v) is 12.7. The first-order valence-electron chi connectivity index (χ1n) is 8.23. The van der Waals surface area contributed by atoms with Crippen molar-refractivity contribution in [2.45, 2.75) is 12.1 Å². The highest BCUT2D eigenvalue weighted by Gasteiger charge is 2.60. The van der Waals surface area contributed by atoms with Gasteiger partial charge in [0.2, 0.25) is 5.91 Å². The zero-order chi connectivity index (χ0) is 15.6. The molecule has 1 aromatic rings. The Bertz CT molecular complexity index is 686. The van der Waals surface area contributed by atoms with E-state index in [1.165, 1.54) is 0 Å². The number of rotatable bonds is 1. The van der Waals surface area contributed by atoms with Crippen molar-refractivity contribution in [1.82, 2.24) is 10.2 Å². The third-order valence-electron chi connectivity index (χ3n) is 5.65. The molecule has 2 saturated heterocycles. The number of carbonyl (C=O) groups excluding carboxylic acids is 2. The average Bonchev–Trinajstić information content (AvgIpc) is 3.26. The van der Waals surface area contributed by atoms with Crippen LogP contribution in [0.15, 0.2) is 24.3 Å². The first-order valence-corrected chi connectivity index (χ1v) is 8.23. The van der Waals surface area contributed by atoms with Crippen molar-refractivity contribution in [3.8, 4) is 0 Å². The lowest BCUT2D eigenvalue weighted by Gasteiger charge is -2.53. The number of nitrogens with zero attached hydrogens (tertiary/aromatic N) is 1. The van der Waals surface area contributed by atoms with Gasteiger partial charge in [-0.2, -0.15) is 0 Å². The average molecular weight is 313 g/mol. The zero-order valence-electron chi connectivity index (χ0n) is 12.7. The number of hydrogen-bond acceptors (Lipinski definition) is 4. The Morgan fingerprint density at radius 3 is 2.83 bits per heavy atom. The van der Waals surface area contributed by atoms with E-state index in [-0.39, 0.29) is 17.7 Å². The molecule has 0 radical (unpaired) electrons. The van der Waals surface area contributed by atoms with Crippen LogP contribution < -0.4 is 10.6 Å². The van der Waals surface area contributed by atoms with Crippen LogP contribution in [0.2, 0.25) is 0 Å². The van der Waals surface area contributed by atoms with Gasteiger partial charge < -0.3 is 20.3 Å². The van der Waals surface area contributed by atoms with E-state index in [1.807, 2.05) is 23.1 Å². The molecule has 3 unspecified atom stereocenters. The van der Waals surface area contributed by atoms with Crippen molar-refractivity contribution in [2.24, 2.45) is 17.8 Å². The smallest absolute Gasteiger partial charge is 0.255 e. The minimum atomic E-state index is -0.502. The second kappa shape index (κ2) is 4.47. The first-order chi connectivity index (χ1) is 11.2. The summed E-state index contributed by atoms with van der Waals surface area (Å²) in [5.74, 6) is 1.23. The fourth-order valence-electron chi connectivity index (χ4n) is 4.36. The lowest BCUT2D eigenvalue weighted by atomic mass is 9.94. The molecule has 2 amide bonds. The second-order valence-corrected chi connectivity index (χ2v) is 7.12. The summed E-state index contributed by atoms with van der Waals surface area (Å²) in [5, 5.41) is 6.42. The molecule has 1 aliphatic carbocycles. The number of hydrogen-bond donors (Lipinski definition) is 2. The third kappa shape index (κ3) is 1.91. The van der Waals surface area contributed by atoms with Crippen molar-refractivity contribution in [1.29, 1.82) is 0 Å². The molecule has 5 rings (SSSR count). The van der Waals surface area contributed by atoms with Crippen LogP contribution in [0.1, 0.15) is 16.8 Å². The summed E-state index contributed by atoms with van der Waals surface area (Å²) in [6, 6.07) is 7.48. The maximum absolute atomic E-state index is 12.6. The molecule has 3 heterocycles. The van der Waals surface area contributed by atoms with Gasteiger partial charge >= 0.3 is 0 Å². The van der Waals surface area contributed by atoms with E-state index in [2.05, 4.69) is 10.6 Å². The Balaban J connectivity index is 1.28. The predicted molar refractivity (Wildman–Crippen MR) is 82.7 cm³/mol. The van der Waals surface area contributed by atoms with Gasteiger partial charge in [0.15, 0.2) is 0 Å². The Morgan fingerprint density at radius 1 is 1.22 bits per heavy atom. The molecule has 6 nitrogen and oxygen atoms in total. The number of carbonyl (C=O) groups is 2. The molecular weight excluding hydrogens is 294 g/mol. The summed E-state index contributed by atoms with van der Waals surface area (Å²) in [5.41, 5.74) is 1.00. The maximum Gasteiger partial charge on any atom is 0.255 e. The fraction of sp³-hybridized carbons (Fsp3) is 0.529. The summed E-state index contributed by atoms with van der Waals surface area (Å²) >= 11 is 0. The fourth-order valence-corrected chi connectivity index (χ4v) is 4.36. The number of likely N-dealkylation sites (tertiary alicyclic amines) is 1. The minimum absolute atomic E-state index is 0.0695. The number of amides is 2. The van der Waals surface area contributed by atoms with Crippen LogP contribution in [0.25, 0.3) is 0 Å². The van der Waals surface area contributed by atoms with Gasteiger partial charge in [-0.05, 0) is 30.4 Å². The summed E-state index contributed by atoms with van der Waals surface area (Å²) in [7, 11) is 0. The number of ether oxygens (including phenoxy) is 1. The maximum atomic E-state index is 12.6. The topological polar surface area (TPSA) is 70.7 Å². The number of benzene rings is 1. The Hall–Kier alpha value is -2.08. The lowest BCUT2D eigenvalue weighted by Crippen LogP contribution is -2.76. The summed E-state index contributed by atoms with van der Waals surface area (Å²) in [4.78, 5) is 26.8. The van der Waals surface area contributed by atoms with Gasteiger partial charge in [0.05, 0.1) is 25.3 Å². The van der Waals surface area contributed by atoms with E-state index in [0.29, 0.717) is 30.5 Å². The largest absolute Gasteiger partial charge is 0.381 e. The summed E-state index contributed by atoms with van der Waals surface area (Å²) < 4.78 is 5.46. The Labute approximate surface area is 134 Å². The molecule has 1 aromatic carbocycles. The third-order valence-corrected chi connectivity index (χ3v) is 5.65. The number of fused-ring (bicyclic) bond motifs is 2. The second-order valence-electron chi connectivity index (χ2n) is 7.12. The van der Waals surface area contributed by atoms with E-state index in [1.54, 1.807) is 6.07 Å². The highest BCUT2D eigenvalue weighted by molar-refractivity contribution is 6.02. The van der Waals surface area contributed by atoms with Crippen LogP contribution in [-0.4, -0.2) is 48.7 Å². The summed E-state index contributed by atoms with van der Waals surface area (Å²) in [6.45, 7) is 2.57. The molecule has 23 heavy (non-hydrogen) atoms. The van der Waals surface area contributed by atoms with E-state index >= 15 is 0 Å². The monoisotopic (exact) mass is 313 g/mol. The minimum Gasteiger partial charge on any atom is -0.381 e. The van der Waals surface area contributed by atoms with Crippen molar-refractivity contribution in [3.63, 3.8) is 0 Å². The summed E-state index contributed by atoms with van der Waals surface area (Å²) in [6.07, 6.45) is 1.00. The molecule has 6 heteroatoms. The molecule has 4 aliphatic rings. The molecule has 0 bridgehead atoms. The van der Waals surface area contributed by atoms with Crippen molar-refractivity contribution < 1.29 is 14.3 Å². The SMILES string of the molecule is O=C1NC2(CN(C(=O)C3C4CCOCC43)C2)Nc2ccccc21. The predicted octanol–water partition coefficient (Wildman–Crippen LogP) is 0.663. The number of anilines is 1. The van der Waals surface area contributed by atoms with Crippen LogP contribution in [0.4, 0.5) is 5.69 Å². The molecule has 120 valence electrons. The molecular formula is C17H19N3O3. The molecule has 3 aliphatic heterocycles. The molecule has 3 atom stereocenters. The number of para-hydroxylation sites is 1. The van der Waals surface area contributed by atoms with Gasteiger partial charge in [-0.3, -0.25) is 9.59 Å². The van der Waals surface area contributed by atoms with Gasteiger partial charge in [-0.25, -0.2) is 0 Å². The van der Waals surface area contributed by atoms with E-state index in [0.717, 1.165) is 25.3 Å². The number of nitrogens with one attached hydrogen (secondary N) is 2. The quantitative estimate of drug-likeness (QED) is 0.799. The van der Waals surface area contributed by atoms with Crippen molar-refractivity contribution in [2.75, 3.05) is 31.6 Å². The molecule has 2 N–H and O–H groups in total. The molecule has 3 fully saturated rings. The molecule has 0 aromatic heterocycles. The van der Waals surface area contributed by atoms with Crippen LogP contribution >= 0.6 is 0 Å². The lowest BCUT2D eigenvalue weighted by molar-refractivity contribution is -0.140. The van der Waals surface area contributed by atoms with Gasteiger partial charge in [0, 0.05) is 18.2 Å². The Kier molecular flexibility index (Phi) is 2.60. The van der Waals surface area contributed by atoms with E-state index in [4.69, 9.17) is 4.74 Å². The van der Waals surface area contributed by atoms with Gasteiger partial charge in [0.1, 0.15) is 5.66 Å². The highest BCUT2D eigenvalue weighted by atomic mass is 16.5. The standard InChI is InChI=1S/C17H19N3O3/c21-15-11-3-1-2-4-13(11)18-17(19-15)8-20(9-17)16(22)14-10-5-6-23-7-12(10)14/h1-4,10,12,14,18H,5-9H2,(H,19,21). The van der Waals surface area contributed by atoms with E-state index < -0.39 is 5.66 Å². The van der Waals surface area contributed by atoms with Gasteiger partial charge in [-0.1, -0.05) is 12.1 Å². The van der Waals surface area contributed by atoms with Gasteiger partial charge in [-0.15, -0.1) is 0 Å². The van der Waals surface area contributed by atoms with Crippen LogP contribution in [0.3, 0.4) is 0 Å².